The van der Waals surface area contributed by atoms with Crippen LogP contribution in [0.4, 0.5) is 0 Å². The summed E-state index contributed by atoms with van der Waals surface area (Å²) in [7, 11) is -9.91. The van der Waals surface area contributed by atoms with E-state index in [1.54, 1.807) is 0 Å². The summed E-state index contributed by atoms with van der Waals surface area (Å²) >= 11 is 0. The average Bonchev–Trinajstić information content (AvgIpc) is 0.931. The molecule has 0 aromatic carbocycles. The smallest absolute Gasteiger partial charge is 0.462 e. The Kier molecular flexibility index (Phi) is 72.2. The van der Waals surface area contributed by atoms with Gasteiger partial charge in [-0.15, -0.1) is 0 Å². The zero-order valence-corrected chi connectivity index (χ0v) is 68.0. The molecule has 600 valence electrons. The number of aliphatic hydroxyl groups excluding tert-OH is 1. The van der Waals surface area contributed by atoms with Gasteiger partial charge in [0, 0.05) is 25.7 Å². The van der Waals surface area contributed by atoms with E-state index in [0.717, 1.165) is 108 Å². The number of hydrogen-bond donors (Lipinski definition) is 3. The molecule has 0 fully saturated rings. The molecule has 0 aliphatic heterocycles. The van der Waals surface area contributed by atoms with Crippen molar-refractivity contribution in [3.8, 4) is 0 Å². The number of rotatable bonds is 81. The predicted octanol–water partition coefficient (Wildman–Crippen LogP) is 24.7. The highest BCUT2D eigenvalue weighted by atomic mass is 31.2. The zero-order valence-electron chi connectivity index (χ0n) is 66.2. The van der Waals surface area contributed by atoms with Gasteiger partial charge in [-0.05, 0) is 37.5 Å². The van der Waals surface area contributed by atoms with Crippen molar-refractivity contribution in [2.24, 2.45) is 11.8 Å². The van der Waals surface area contributed by atoms with Gasteiger partial charge in [0.05, 0.1) is 26.4 Å². The number of ether oxygens (including phenoxy) is 4. The van der Waals surface area contributed by atoms with E-state index in [2.05, 4.69) is 41.5 Å². The summed E-state index contributed by atoms with van der Waals surface area (Å²) in [5.74, 6) is -0.518. The maximum absolute atomic E-state index is 13.1. The van der Waals surface area contributed by atoms with Crippen molar-refractivity contribution in [1.29, 1.82) is 0 Å². The molecule has 0 aliphatic carbocycles. The van der Waals surface area contributed by atoms with Crippen LogP contribution in [0, 0.1) is 11.8 Å². The topological polar surface area (TPSA) is 237 Å². The van der Waals surface area contributed by atoms with Gasteiger partial charge in [-0.1, -0.05) is 382 Å². The molecule has 0 aliphatic rings. The molecule has 3 N–H and O–H groups in total. The molecule has 0 saturated heterocycles. The molecule has 19 heteroatoms. The van der Waals surface area contributed by atoms with Crippen LogP contribution in [-0.4, -0.2) is 96.7 Å². The fraction of sp³-hybridized carbons (Fsp3) is 0.951. The van der Waals surface area contributed by atoms with Gasteiger partial charge in [0.25, 0.3) is 0 Å². The Hall–Kier alpha value is -1.94. The van der Waals surface area contributed by atoms with Crippen LogP contribution >= 0.6 is 15.6 Å². The molecular formula is C82H160O17P2. The van der Waals surface area contributed by atoms with Crippen LogP contribution in [0.5, 0.6) is 0 Å². The summed E-state index contributed by atoms with van der Waals surface area (Å²) in [4.78, 5) is 72.8. The number of hydrogen-bond acceptors (Lipinski definition) is 15. The van der Waals surface area contributed by atoms with Crippen LogP contribution < -0.4 is 0 Å². The second kappa shape index (κ2) is 73.6. The lowest BCUT2D eigenvalue weighted by molar-refractivity contribution is -0.161. The fourth-order valence-corrected chi connectivity index (χ4v) is 14.3. The molecule has 0 spiro atoms. The molecular weight excluding hydrogens is 1320 g/mol. The monoisotopic (exact) mass is 1480 g/mol. The molecule has 0 heterocycles. The molecule has 5 atom stereocenters. The Balaban J connectivity index is 5.11. The standard InChI is InChI=1S/C82H160O17P2/c1-7-9-11-13-14-15-16-17-18-19-20-21-22-23-26-33-38-43-48-54-61-67-82(87)99-78(71-93-80(85)65-59-53-47-42-37-32-27-24-25-30-35-40-45-51-56-62-74(3)4)73-97-101(90,91)95-69-76(83)68-94-100(88,89)96-72-77(70-92-79(84)64-58-50-12-10-8-2)98-81(86)66-60-55-49-44-39-34-29-28-31-36-41-46-52-57-63-75(5)6/h74-78,83H,7-73H2,1-6H3,(H,88,89)(H,90,91)/t76-,77+,78+/m0/s1. The van der Waals surface area contributed by atoms with E-state index in [-0.39, 0.29) is 25.7 Å². The van der Waals surface area contributed by atoms with Crippen molar-refractivity contribution in [3.05, 3.63) is 0 Å². The van der Waals surface area contributed by atoms with Gasteiger partial charge in [-0.2, -0.15) is 0 Å². The highest BCUT2D eigenvalue weighted by Gasteiger charge is 2.30. The minimum Gasteiger partial charge on any atom is -0.462 e. The first-order valence-corrected chi connectivity index (χ1v) is 45.5. The molecule has 0 bridgehead atoms. The highest BCUT2D eigenvalue weighted by Crippen LogP contribution is 2.45. The first kappa shape index (κ1) is 99.1. The Bertz CT molecular complexity index is 1940. The van der Waals surface area contributed by atoms with Crippen molar-refractivity contribution in [1.82, 2.24) is 0 Å². The lowest BCUT2D eigenvalue weighted by Gasteiger charge is -2.21. The molecule has 0 rings (SSSR count). The van der Waals surface area contributed by atoms with Crippen LogP contribution in [0.1, 0.15) is 433 Å². The summed E-state index contributed by atoms with van der Waals surface area (Å²) in [6, 6.07) is 0. The summed E-state index contributed by atoms with van der Waals surface area (Å²) < 4.78 is 68.5. The lowest BCUT2D eigenvalue weighted by Crippen LogP contribution is -2.30. The van der Waals surface area contributed by atoms with Crippen LogP contribution in [-0.2, 0) is 65.4 Å². The number of phosphoric ester groups is 2. The zero-order chi connectivity index (χ0) is 74.2. The molecule has 0 aromatic rings. The number of carbonyl (C=O) groups is 4. The third kappa shape index (κ3) is 76.1. The second-order valence-corrected chi connectivity index (χ2v) is 33.4. The third-order valence-corrected chi connectivity index (χ3v) is 21.1. The number of aliphatic hydroxyl groups is 1. The van der Waals surface area contributed by atoms with E-state index >= 15 is 0 Å². The SMILES string of the molecule is CCCCCCCCCCCCCCCCCCCCCCCC(=O)O[C@H](COC(=O)CCCCCCCCCCCCCCCCCC(C)C)COP(=O)(O)OC[C@@H](O)COP(=O)(O)OC[C@@H](COC(=O)CCCCCCC)OC(=O)CCCCCCCCCCCCCCCCC(C)C. The van der Waals surface area contributed by atoms with Gasteiger partial charge < -0.3 is 33.8 Å². The van der Waals surface area contributed by atoms with Gasteiger partial charge in [0.1, 0.15) is 19.3 Å². The minimum absolute atomic E-state index is 0.107. The summed E-state index contributed by atoms with van der Waals surface area (Å²) in [6.07, 6.45) is 64.4. The fourth-order valence-electron chi connectivity index (χ4n) is 12.7. The van der Waals surface area contributed by atoms with Crippen LogP contribution in [0.2, 0.25) is 0 Å². The molecule has 0 aromatic heterocycles. The summed E-state index contributed by atoms with van der Waals surface area (Å²) in [5.41, 5.74) is 0. The van der Waals surface area contributed by atoms with Gasteiger partial charge in [-0.25, -0.2) is 9.13 Å². The van der Waals surface area contributed by atoms with Crippen LogP contribution in [0.3, 0.4) is 0 Å². The number of esters is 4. The molecule has 0 saturated carbocycles. The second-order valence-electron chi connectivity index (χ2n) is 30.5. The molecule has 0 radical (unpaired) electrons. The summed E-state index contributed by atoms with van der Waals surface area (Å²) in [6.45, 7) is 9.60. The minimum atomic E-state index is -4.96. The van der Waals surface area contributed by atoms with E-state index in [1.165, 1.54) is 244 Å². The van der Waals surface area contributed by atoms with Gasteiger partial charge in [0.15, 0.2) is 12.2 Å². The van der Waals surface area contributed by atoms with Crippen molar-refractivity contribution < 1.29 is 80.2 Å². The van der Waals surface area contributed by atoms with Gasteiger partial charge in [0.2, 0.25) is 0 Å². The van der Waals surface area contributed by atoms with E-state index < -0.39 is 97.5 Å². The molecule has 2 unspecified atom stereocenters. The Morgan fingerprint density at radius 2 is 0.455 bits per heavy atom. The Morgan fingerprint density at radius 1 is 0.267 bits per heavy atom. The van der Waals surface area contributed by atoms with Crippen LogP contribution in [0.25, 0.3) is 0 Å². The van der Waals surface area contributed by atoms with Crippen molar-refractivity contribution in [2.45, 2.75) is 452 Å². The largest absolute Gasteiger partial charge is 0.472 e. The highest BCUT2D eigenvalue weighted by molar-refractivity contribution is 7.47. The maximum atomic E-state index is 13.1. The Morgan fingerprint density at radius 3 is 0.673 bits per heavy atom. The molecule has 17 nitrogen and oxygen atoms in total. The maximum Gasteiger partial charge on any atom is 0.472 e. The normalized spacial score (nSPS) is 13.9. The molecule has 101 heavy (non-hydrogen) atoms. The van der Waals surface area contributed by atoms with Crippen molar-refractivity contribution >= 4 is 39.5 Å². The average molecular weight is 1480 g/mol. The number of phosphoric acid groups is 2. The van der Waals surface area contributed by atoms with Crippen LogP contribution in [0.15, 0.2) is 0 Å². The number of unbranched alkanes of at least 4 members (excludes halogenated alkanes) is 51. The van der Waals surface area contributed by atoms with Crippen molar-refractivity contribution in [3.63, 3.8) is 0 Å². The van der Waals surface area contributed by atoms with E-state index in [9.17, 15) is 43.2 Å². The quantitative estimate of drug-likeness (QED) is 0.0222. The lowest BCUT2D eigenvalue weighted by atomic mass is 10.0. The predicted molar refractivity (Wildman–Crippen MR) is 414 cm³/mol. The van der Waals surface area contributed by atoms with Gasteiger partial charge in [-0.3, -0.25) is 37.3 Å². The van der Waals surface area contributed by atoms with Crippen molar-refractivity contribution in [2.75, 3.05) is 39.6 Å². The van der Waals surface area contributed by atoms with E-state index in [1.807, 2.05) is 0 Å². The third-order valence-electron chi connectivity index (χ3n) is 19.2. The molecule has 0 amide bonds. The first-order valence-electron chi connectivity index (χ1n) is 42.5. The summed E-state index contributed by atoms with van der Waals surface area (Å²) in [5, 5.41) is 10.6. The van der Waals surface area contributed by atoms with E-state index in [4.69, 9.17) is 37.0 Å². The van der Waals surface area contributed by atoms with E-state index in [0.29, 0.717) is 25.7 Å². The van der Waals surface area contributed by atoms with Gasteiger partial charge >= 0.3 is 39.5 Å². The first-order chi connectivity index (χ1) is 48.9. The number of carbonyl (C=O) groups excluding carboxylic acids is 4. The Labute approximate surface area is 619 Å².